The Hall–Kier alpha value is -0.980. The minimum atomic E-state index is 0.432. The second kappa shape index (κ2) is 6.68. The van der Waals surface area contributed by atoms with Crippen LogP contribution in [0, 0.1) is 0 Å². The van der Waals surface area contributed by atoms with Gasteiger partial charge in [-0.15, -0.1) is 0 Å². The molecule has 1 saturated heterocycles. The zero-order valence-corrected chi connectivity index (χ0v) is 10.3. The van der Waals surface area contributed by atoms with Crippen molar-refractivity contribution >= 4 is 0 Å². The monoisotopic (exact) mass is 240 g/mol. The van der Waals surface area contributed by atoms with E-state index in [2.05, 4.69) is 20.4 Å². The molecular weight excluding hydrogens is 220 g/mol. The predicted octanol–water partition coefficient (Wildman–Crippen LogP) is 0.401. The third-order valence-electron chi connectivity index (χ3n) is 2.74. The Morgan fingerprint density at radius 2 is 2.35 bits per heavy atom. The highest BCUT2D eigenvalue weighted by Gasteiger charge is 2.13. The lowest BCUT2D eigenvalue weighted by atomic mass is 10.4. The molecule has 0 aromatic carbocycles. The van der Waals surface area contributed by atoms with E-state index >= 15 is 0 Å². The highest BCUT2D eigenvalue weighted by molar-refractivity contribution is 4.85. The summed E-state index contributed by atoms with van der Waals surface area (Å²) >= 11 is 0. The second-order valence-corrected chi connectivity index (χ2v) is 4.12. The molecule has 1 fully saturated rings. The largest absolute Gasteiger partial charge is 0.374 e. The minimum Gasteiger partial charge on any atom is -0.374 e. The van der Waals surface area contributed by atoms with Gasteiger partial charge in [0, 0.05) is 19.7 Å². The van der Waals surface area contributed by atoms with Gasteiger partial charge in [0.15, 0.2) is 5.82 Å². The number of hydrogen-bond acceptors (Lipinski definition) is 6. The average molecular weight is 240 g/mol. The van der Waals surface area contributed by atoms with Gasteiger partial charge in [-0.05, 0) is 26.4 Å². The molecule has 0 saturated carbocycles. The highest BCUT2D eigenvalue weighted by Crippen LogP contribution is 2.05. The number of aromatic nitrogens is 2. The molecule has 6 heteroatoms. The highest BCUT2D eigenvalue weighted by atomic mass is 16.5. The Balaban J connectivity index is 1.82. The zero-order chi connectivity index (χ0) is 11.9. The molecule has 0 radical (unpaired) electrons. The van der Waals surface area contributed by atoms with Gasteiger partial charge in [0.05, 0.1) is 6.54 Å². The lowest BCUT2D eigenvalue weighted by molar-refractivity contribution is 0.126. The van der Waals surface area contributed by atoms with E-state index in [0.29, 0.717) is 24.9 Å². The normalized spacial score (nSPS) is 18.2. The van der Waals surface area contributed by atoms with Gasteiger partial charge in [-0.2, -0.15) is 4.98 Å². The third-order valence-corrected chi connectivity index (χ3v) is 2.74. The third kappa shape index (κ3) is 4.07. The van der Waals surface area contributed by atoms with Crippen molar-refractivity contribution in [1.82, 2.24) is 20.4 Å². The van der Waals surface area contributed by atoms with Gasteiger partial charge in [-0.1, -0.05) is 5.16 Å². The van der Waals surface area contributed by atoms with Crippen LogP contribution in [0.3, 0.4) is 0 Å². The molecule has 0 unspecified atom stereocenters. The first kappa shape index (κ1) is 12.5. The van der Waals surface area contributed by atoms with Crippen LogP contribution >= 0.6 is 0 Å². The van der Waals surface area contributed by atoms with Crippen molar-refractivity contribution in [2.45, 2.75) is 26.5 Å². The molecule has 0 aliphatic carbocycles. The second-order valence-electron chi connectivity index (χ2n) is 4.12. The molecule has 0 amide bonds. The molecule has 2 heterocycles. The van der Waals surface area contributed by atoms with Gasteiger partial charge in [0.25, 0.3) is 0 Å². The molecule has 1 aliphatic heterocycles. The quantitative estimate of drug-likeness (QED) is 0.804. The van der Waals surface area contributed by atoms with Gasteiger partial charge in [-0.3, -0.25) is 4.90 Å². The van der Waals surface area contributed by atoms with Crippen LogP contribution in [0.2, 0.25) is 0 Å². The molecule has 96 valence electrons. The van der Waals surface area contributed by atoms with Crippen molar-refractivity contribution in [2.75, 3.05) is 32.8 Å². The van der Waals surface area contributed by atoms with E-state index in [1.54, 1.807) is 0 Å². The summed E-state index contributed by atoms with van der Waals surface area (Å²) in [4.78, 5) is 6.64. The Morgan fingerprint density at radius 3 is 3.24 bits per heavy atom. The summed E-state index contributed by atoms with van der Waals surface area (Å²) in [5, 5.41) is 7.26. The Bertz CT molecular complexity index is 321. The Kier molecular flexibility index (Phi) is 4.90. The maximum atomic E-state index is 5.23. The lowest BCUT2D eigenvalue weighted by Gasteiger charge is -2.16. The fourth-order valence-corrected chi connectivity index (χ4v) is 1.86. The number of hydrogen-bond donors (Lipinski definition) is 1. The molecule has 17 heavy (non-hydrogen) atoms. The Morgan fingerprint density at radius 1 is 1.41 bits per heavy atom. The summed E-state index contributed by atoms with van der Waals surface area (Å²) in [5.74, 6) is 1.32. The van der Waals surface area contributed by atoms with Crippen LogP contribution in [0.5, 0.6) is 0 Å². The lowest BCUT2D eigenvalue weighted by Crippen LogP contribution is -2.27. The van der Waals surface area contributed by atoms with Crippen LogP contribution in [-0.4, -0.2) is 47.8 Å². The van der Waals surface area contributed by atoms with Gasteiger partial charge >= 0.3 is 0 Å². The first-order valence-electron chi connectivity index (χ1n) is 6.20. The van der Waals surface area contributed by atoms with Crippen molar-refractivity contribution < 1.29 is 9.26 Å². The van der Waals surface area contributed by atoms with Crippen molar-refractivity contribution in [1.29, 1.82) is 0 Å². The van der Waals surface area contributed by atoms with Gasteiger partial charge in [0.2, 0.25) is 5.89 Å². The van der Waals surface area contributed by atoms with E-state index in [1.807, 2.05) is 6.92 Å². The molecule has 1 aromatic heterocycles. The van der Waals surface area contributed by atoms with E-state index in [0.717, 1.165) is 32.7 Å². The van der Waals surface area contributed by atoms with Crippen LogP contribution in [-0.2, 0) is 17.9 Å². The molecule has 1 aliphatic rings. The van der Waals surface area contributed by atoms with E-state index in [4.69, 9.17) is 9.26 Å². The van der Waals surface area contributed by atoms with Crippen LogP contribution < -0.4 is 5.32 Å². The first-order chi connectivity index (χ1) is 8.38. The summed E-state index contributed by atoms with van der Waals surface area (Å²) in [6.07, 6.45) is 1.17. The van der Waals surface area contributed by atoms with Crippen LogP contribution in [0.4, 0.5) is 0 Å². The summed E-state index contributed by atoms with van der Waals surface area (Å²) in [5.41, 5.74) is 0. The topological polar surface area (TPSA) is 63.4 Å². The van der Waals surface area contributed by atoms with Crippen LogP contribution in [0.15, 0.2) is 4.52 Å². The van der Waals surface area contributed by atoms with Crippen molar-refractivity contribution in [3.63, 3.8) is 0 Å². The van der Waals surface area contributed by atoms with Crippen LogP contribution in [0.25, 0.3) is 0 Å². The van der Waals surface area contributed by atoms with Gasteiger partial charge in [0.1, 0.15) is 6.61 Å². The van der Waals surface area contributed by atoms with Gasteiger partial charge in [-0.25, -0.2) is 0 Å². The van der Waals surface area contributed by atoms with Crippen LogP contribution in [0.1, 0.15) is 25.1 Å². The minimum absolute atomic E-state index is 0.432. The van der Waals surface area contributed by atoms with Crippen molar-refractivity contribution in [3.8, 4) is 0 Å². The molecule has 1 aromatic rings. The molecule has 0 atom stereocenters. The standard InChI is InChI=1S/C11H20N4O2/c1-2-16-9-10-13-11(17-14-10)8-15-6-3-4-12-5-7-15/h12H,2-9H2,1H3. The zero-order valence-electron chi connectivity index (χ0n) is 10.3. The summed E-state index contributed by atoms with van der Waals surface area (Å²) < 4.78 is 10.4. The predicted molar refractivity (Wildman–Crippen MR) is 62.4 cm³/mol. The first-order valence-corrected chi connectivity index (χ1v) is 6.20. The van der Waals surface area contributed by atoms with E-state index in [9.17, 15) is 0 Å². The summed E-state index contributed by atoms with van der Waals surface area (Å²) in [6, 6.07) is 0. The van der Waals surface area contributed by atoms with Crippen molar-refractivity contribution in [2.24, 2.45) is 0 Å². The SMILES string of the molecule is CCOCc1noc(CN2CCCNCC2)n1. The molecule has 1 N–H and O–H groups in total. The van der Waals surface area contributed by atoms with Crippen molar-refractivity contribution in [3.05, 3.63) is 11.7 Å². The smallest absolute Gasteiger partial charge is 0.240 e. The Labute approximate surface area is 101 Å². The molecule has 2 rings (SSSR count). The maximum Gasteiger partial charge on any atom is 0.240 e. The fourth-order valence-electron chi connectivity index (χ4n) is 1.86. The number of ether oxygens (including phenoxy) is 1. The average Bonchev–Trinajstić information content (AvgIpc) is 2.61. The van der Waals surface area contributed by atoms with E-state index in [-0.39, 0.29) is 0 Å². The number of nitrogens with zero attached hydrogens (tertiary/aromatic N) is 3. The number of nitrogens with one attached hydrogen (secondary N) is 1. The summed E-state index contributed by atoms with van der Waals surface area (Å²) in [6.45, 7) is 8.02. The van der Waals surface area contributed by atoms with E-state index < -0.39 is 0 Å². The maximum absolute atomic E-state index is 5.23. The molecule has 0 spiro atoms. The number of rotatable bonds is 5. The molecule has 6 nitrogen and oxygen atoms in total. The molecular formula is C11H20N4O2. The molecule has 0 bridgehead atoms. The summed E-state index contributed by atoms with van der Waals surface area (Å²) in [7, 11) is 0. The van der Waals surface area contributed by atoms with E-state index in [1.165, 1.54) is 6.42 Å². The fraction of sp³-hybridized carbons (Fsp3) is 0.818. The van der Waals surface area contributed by atoms with Gasteiger partial charge < -0.3 is 14.6 Å².